The Bertz CT molecular complexity index is 93.1. The highest BCUT2D eigenvalue weighted by atomic mass is 32.1. The van der Waals surface area contributed by atoms with Crippen LogP contribution in [0.3, 0.4) is 0 Å². The van der Waals surface area contributed by atoms with Gasteiger partial charge in [0.1, 0.15) is 0 Å². The molecule has 0 aliphatic carbocycles. The Morgan fingerprint density at radius 3 is 2.67 bits per heavy atom. The molecule has 9 heavy (non-hydrogen) atoms. The number of hydrogen-bond acceptors (Lipinski definition) is 2. The number of esters is 1. The lowest BCUT2D eigenvalue weighted by molar-refractivity contribution is -0.144. The minimum absolute atomic E-state index is 0.0347. The lowest BCUT2D eigenvalue weighted by atomic mass is 10.1. The molecule has 0 heterocycles. The molecule has 0 aromatic carbocycles. The molecule has 0 saturated heterocycles. The fourth-order valence-corrected chi connectivity index (χ4v) is 0.849. The molecule has 0 aromatic rings. The molecule has 0 fully saturated rings. The first-order valence-corrected chi connectivity index (χ1v) is 3.46. The monoisotopic (exact) mass is 147 g/mol. The predicted octanol–water partition coefficient (Wildman–Crippen LogP) is 1.38. The molecule has 0 aliphatic rings. The summed E-state index contributed by atoms with van der Waals surface area (Å²) in [5.74, 6) is 0.420. The molecule has 0 aromatic heterocycles. The Balaban J connectivity index is 3.45. The Kier molecular flexibility index (Phi) is 4.58. The summed E-state index contributed by atoms with van der Waals surface area (Å²) >= 11 is 4.69. The first-order valence-electron chi connectivity index (χ1n) is 2.88. The van der Waals surface area contributed by atoms with E-state index < -0.39 is 0 Å². The van der Waals surface area contributed by atoms with Crippen molar-refractivity contribution in [1.82, 2.24) is 0 Å². The second-order valence-corrected chi connectivity index (χ2v) is 2.33. The van der Waals surface area contributed by atoms with Crippen LogP contribution in [-0.2, 0) is 9.53 Å². The molecule has 0 bridgehead atoms. The molecular weight excluding hydrogens is 136 g/mol. The van der Waals surface area contributed by atoms with Crippen LogP contribution in [0.15, 0.2) is 0 Å². The lowest BCUT2D eigenvalue weighted by Gasteiger charge is -2.04. The molecule has 2 nitrogen and oxygen atoms in total. The van der Waals surface area contributed by atoms with E-state index in [0.717, 1.165) is 6.42 Å². The van der Waals surface area contributed by atoms with Gasteiger partial charge >= 0.3 is 5.97 Å². The highest BCUT2D eigenvalue weighted by Crippen LogP contribution is 2.03. The minimum atomic E-state index is -0.167. The van der Waals surface area contributed by atoms with Gasteiger partial charge in [0.25, 0.3) is 0 Å². The molecule has 1 radical (unpaired) electrons. The Morgan fingerprint density at radius 2 is 2.33 bits per heavy atom. The van der Waals surface area contributed by atoms with Gasteiger partial charge in [-0.1, -0.05) is 19.6 Å². The number of carbonyl (C=O) groups is 1. The fourth-order valence-electron chi connectivity index (χ4n) is 0.496. The Labute approximate surface area is 61.0 Å². The van der Waals surface area contributed by atoms with E-state index in [1.807, 2.05) is 6.92 Å². The molecule has 3 heteroatoms. The van der Waals surface area contributed by atoms with Gasteiger partial charge in [-0.25, -0.2) is 0 Å². The number of ether oxygens (including phenoxy) is 1. The van der Waals surface area contributed by atoms with Gasteiger partial charge < -0.3 is 4.74 Å². The van der Waals surface area contributed by atoms with Gasteiger partial charge in [0, 0.05) is 5.75 Å². The first-order chi connectivity index (χ1) is 4.22. The van der Waals surface area contributed by atoms with Crippen LogP contribution in [0.1, 0.15) is 13.3 Å². The van der Waals surface area contributed by atoms with E-state index >= 15 is 0 Å². The van der Waals surface area contributed by atoms with Crippen LogP contribution in [-0.4, -0.2) is 18.8 Å². The predicted molar refractivity (Wildman–Crippen MR) is 38.3 cm³/mol. The van der Waals surface area contributed by atoms with Crippen LogP contribution in [0.5, 0.6) is 0 Å². The third-order valence-corrected chi connectivity index (χ3v) is 1.39. The molecule has 1 atom stereocenters. The number of methoxy groups -OCH3 is 1. The summed E-state index contributed by atoms with van der Waals surface area (Å²) < 4.78 is 4.48. The van der Waals surface area contributed by atoms with Crippen molar-refractivity contribution in [2.45, 2.75) is 13.3 Å². The standard InChI is InChI=1S/C6H11O2S/c1-5(3-4-9)6(7)8-2/h5H,3-4H2,1-2H3. The van der Waals surface area contributed by atoms with Gasteiger partial charge in [0.2, 0.25) is 0 Å². The van der Waals surface area contributed by atoms with E-state index in [4.69, 9.17) is 0 Å². The SMILES string of the molecule is COC(=O)C(C)CC[S]. The lowest BCUT2D eigenvalue weighted by Crippen LogP contribution is -2.12. The topological polar surface area (TPSA) is 26.3 Å². The van der Waals surface area contributed by atoms with Crippen molar-refractivity contribution in [3.05, 3.63) is 0 Å². The van der Waals surface area contributed by atoms with Crippen LogP contribution in [0.2, 0.25) is 0 Å². The number of rotatable bonds is 3. The molecular formula is C6H11O2S. The average Bonchev–Trinajstić information content (AvgIpc) is 1.87. The maximum Gasteiger partial charge on any atom is 0.308 e. The van der Waals surface area contributed by atoms with E-state index in [9.17, 15) is 4.79 Å². The van der Waals surface area contributed by atoms with Gasteiger partial charge in [0.15, 0.2) is 0 Å². The average molecular weight is 147 g/mol. The van der Waals surface area contributed by atoms with E-state index in [2.05, 4.69) is 17.4 Å². The summed E-state index contributed by atoms with van der Waals surface area (Å²) in [4.78, 5) is 10.6. The molecule has 0 spiro atoms. The second kappa shape index (κ2) is 4.68. The maximum absolute atomic E-state index is 10.6. The summed E-state index contributed by atoms with van der Waals surface area (Å²) in [6, 6.07) is 0. The second-order valence-electron chi connectivity index (χ2n) is 1.92. The molecule has 0 aliphatic heterocycles. The summed E-state index contributed by atoms with van der Waals surface area (Å²) in [5.41, 5.74) is 0. The number of carbonyl (C=O) groups excluding carboxylic acids is 1. The molecule has 0 amide bonds. The zero-order valence-electron chi connectivity index (χ0n) is 5.72. The third-order valence-electron chi connectivity index (χ3n) is 1.15. The van der Waals surface area contributed by atoms with Crippen molar-refractivity contribution in [3.8, 4) is 0 Å². The van der Waals surface area contributed by atoms with Crippen molar-refractivity contribution in [3.63, 3.8) is 0 Å². The Hall–Kier alpha value is -0.180. The van der Waals surface area contributed by atoms with Crippen LogP contribution < -0.4 is 0 Å². The normalized spacial score (nSPS) is 12.8. The quantitative estimate of drug-likeness (QED) is 0.564. The van der Waals surface area contributed by atoms with Gasteiger partial charge in [0.05, 0.1) is 13.0 Å². The summed E-state index contributed by atoms with van der Waals surface area (Å²) in [7, 11) is 1.39. The maximum atomic E-state index is 10.6. The van der Waals surface area contributed by atoms with Crippen molar-refractivity contribution in [2.24, 2.45) is 5.92 Å². The van der Waals surface area contributed by atoms with Crippen LogP contribution in [0, 0.1) is 5.92 Å². The largest absolute Gasteiger partial charge is 0.469 e. The Morgan fingerprint density at radius 1 is 1.78 bits per heavy atom. The van der Waals surface area contributed by atoms with Crippen molar-refractivity contribution < 1.29 is 9.53 Å². The smallest absolute Gasteiger partial charge is 0.308 e. The van der Waals surface area contributed by atoms with E-state index in [0.29, 0.717) is 5.75 Å². The summed E-state index contributed by atoms with van der Waals surface area (Å²) in [6.45, 7) is 1.82. The van der Waals surface area contributed by atoms with Crippen molar-refractivity contribution >= 4 is 18.6 Å². The zero-order valence-corrected chi connectivity index (χ0v) is 6.53. The van der Waals surface area contributed by atoms with Gasteiger partial charge in [-0.05, 0) is 6.42 Å². The minimum Gasteiger partial charge on any atom is -0.469 e. The molecule has 0 rings (SSSR count). The summed E-state index contributed by atoms with van der Waals surface area (Å²) in [5, 5.41) is 0. The molecule has 0 N–H and O–H groups in total. The van der Waals surface area contributed by atoms with Crippen LogP contribution in [0.25, 0.3) is 0 Å². The molecule has 53 valence electrons. The van der Waals surface area contributed by atoms with Crippen molar-refractivity contribution in [1.29, 1.82) is 0 Å². The van der Waals surface area contributed by atoms with Crippen LogP contribution >= 0.6 is 12.6 Å². The van der Waals surface area contributed by atoms with E-state index in [1.165, 1.54) is 7.11 Å². The highest BCUT2D eigenvalue weighted by Gasteiger charge is 2.10. The fraction of sp³-hybridized carbons (Fsp3) is 0.833. The van der Waals surface area contributed by atoms with Crippen molar-refractivity contribution in [2.75, 3.05) is 12.9 Å². The van der Waals surface area contributed by atoms with Crippen LogP contribution in [0.4, 0.5) is 0 Å². The summed E-state index contributed by atoms with van der Waals surface area (Å²) in [6.07, 6.45) is 0.738. The van der Waals surface area contributed by atoms with Gasteiger partial charge in [-0.2, -0.15) is 0 Å². The molecule has 0 saturated carbocycles. The van der Waals surface area contributed by atoms with E-state index in [-0.39, 0.29) is 11.9 Å². The highest BCUT2D eigenvalue weighted by molar-refractivity contribution is 7.80. The number of hydrogen-bond donors (Lipinski definition) is 0. The van der Waals surface area contributed by atoms with Gasteiger partial charge in [-0.3, -0.25) is 4.79 Å². The van der Waals surface area contributed by atoms with Gasteiger partial charge in [-0.15, -0.1) is 0 Å². The zero-order chi connectivity index (χ0) is 7.28. The van der Waals surface area contributed by atoms with E-state index in [1.54, 1.807) is 0 Å². The third kappa shape index (κ3) is 3.40. The first kappa shape index (κ1) is 8.82. The molecule has 1 unspecified atom stereocenters.